The molecule has 0 fully saturated rings. The number of nitrogens with zero attached hydrogens (tertiary/aromatic N) is 2. The monoisotopic (exact) mass is 377 g/mol. The molecule has 7 heteroatoms. The van der Waals surface area contributed by atoms with Crippen LogP contribution in [-0.2, 0) is 16.0 Å². The van der Waals surface area contributed by atoms with Gasteiger partial charge in [-0.2, -0.15) is 0 Å². The second-order valence-corrected chi connectivity index (χ2v) is 5.96. The van der Waals surface area contributed by atoms with Gasteiger partial charge in [0.25, 0.3) is 0 Å². The lowest BCUT2D eigenvalue weighted by Crippen LogP contribution is -2.38. The molecule has 1 aromatic carbocycles. The molecule has 0 radical (unpaired) electrons. The van der Waals surface area contributed by atoms with E-state index in [4.69, 9.17) is 5.11 Å². The summed E-state index contributed by atoms with van der Waals surface area (Å²) in [6.07, 6.45) is 4.15. The van der Waals surface area contributed by atoms with E-state index in [2.05, 4.69) is 31.2 Å². The largest absolute Gasteiger partial charge is 0.480 e. The summed E-state index contributed by atoms with van der Waals surface area (Å²) in [5.74, 6) is -0.690. The summed E-state index contributed by atoms with van der Waals surface area (Å²) in [5, 5.41) is 11.2. The molecule has 120 valence electrons. The van der Waals surface area contributed by atoms with Gasteiger partial charge in [-0.25, -0.2) is 9.97 Å². The minimum Gasteiger partial charge on any atom is -0.480 e. The summed E-state index contributed by atoms with van der Waals surface area (Å²) in [4.78, 5) is 30.8. The number of aliphatic carboxylic acids is 1. The van der Waals surface area contributed by atoms with Crippen LogP contribution in [0, 0.1) is 0 Å². The van der Waals surface area contributed by atoms with Gasteiger partial charge in [0.05, 0.1) is 4.47 Å². The van der Waals surface area contributed by atoms with Gasteiger partial charge in [-0.05, 0) is 34.8 Å². The molecule has 2 rings (SSSR count). The van der Waals surface area contributed by atoms with E-state index >= 15 is 0 Å². The average molecular weight is 378 g/mol. The van der Waals surface area contributed by atoms with Crippen molar-refractivity contribution in [3.63, 3.8) is 0 Å². The lowest BCUT2D eigenvalue weighted by Gasteiger charge is -2.09. The molecule has 0 unspecified atom stereocenters. The van der Waals surface area contributed by atoms with Crippen LogP contribution in [0.1, 0.15) is 18.9 Å². The maximum absolute atomic E-state index is 11.7. The van der Waals surface area contributed by atoms with Crippen LogP contribution in [0.4, 0.5) is 0 Å². The highest BCUT2D eigenvalue weighted by molar-refractivity contribution is 9.10. The van der Waals surface area contributed by atoms with Gasteiger partial charge in [0.2, 0.25) is 5.91 Å². The van der Waals surface area contributed by atoms with Crippen LogP contribution in [0.15, 0.2) is 41.1 Å². The van der Waals surface area contributed by atoms with Gasteiger partial charge in [0.15, 0.2) is 5.82 Å². The second-order valence-electron chi connectivity index (χ2n) is 5.05. The summed E-state index contributed by atoms with van der Waals surface area (Å²) in [7, 11) is 0. The maximum atomic E-state index is 11.7. The Morgan fingerprint density at radius 3 is 2.39 bits per heavy atom. The molecule has 2 aromatic rings. The number of hydrogen-bond donors (Lipinski definition) is 2. The topological polar surface area (TPSA) is 92.2 Å². The van der Waals surface area contributed by atoms with Crippen LogP contribution >= 0.6 is 15.9 Å². The van der Waals surface area contributed by atoms with Gasteiger partial charge in [-0.3, -0.25) is 9.59 Å². The van der Waals surface area contributed by atoms with Crippen molar-refractivity contribution >= 4 is 27.8 Å². The zero-order valence-corrected chi connectivity index (χ0v) is 14.1. The van der Waals surface area contributed by atoms with Crippen LogP contribution in [0.25, 0.3) is 11.4 Å². The molecular weight excluding hydrogens is 362 g/mol. The van der Waals surface area contributed by atoms with Gasteiger partial charge in [0.1, 0.15) is 6.04 Å². The van der Waals surface area contributed by atoms with Gasteiger partial charge < -0.3 is 10.4 Å². The normalized spacial score (nSPS) is 11.7. The number of carboxylic acid groups (broad SMARTS) is 1. The molecule has 1 amide bonds. The first-order chi connectivity index (χ1) is 11.0. The third-order valence-electron chi connectivity index (χ3n) is 3.22. The van der Waals surface area contributed by atoms with E-state index in [0.717, 1.165) is 15.6 Å². The van der Waals surface area contributed by atoms with Gasteiger partial charge in [-0.15, -0.1) is 0 Å². The number of nitrogens with one attached hydrogen (secondary N) is 1. The first-order valence-electron chi connectivity index (χ1n) is 7.04. The number of benzene rings is 1. The molecule has 0 aliphatic rings. The van der Waals surface area contributed by atoms with Crippen molar-refractivity contribution in [2.45, 2.75) is 25.8 Å². The van der Waals surface area contributed by atoms with Crippen molar-refractivity contribution in [3.8, 4) is 11.4 Å². The van der Waals surface area contributed by atoms with Crippen molar-refractivity contribution in [2.24, 2.45) is 0 Å². The number of aromatic nitrogens is 2. The molecule has 6 nitrogen and oxygen atoms in total. The average Bonchev–Trinajstić information content (AvgIpc) is 2.54. The van der Waals surface area contributed by atoms with Gasteiger partial charge in [-0.1, -0.05) is 24.3 Å². The molecule has 0 saturated heterocycles. The number of carboxylic acids is 1. The molecule has 23 heavy (non-hydrogen) atoms. The molecule has 0 aliphatic heterocycles. The highest BCUT2D eigenvalue weighted by atomic mass is 79.9. The Balaban J connectivity index is 1.91. The van der Waals surface area contributed by atoms with E-state index < -0.39 is 12.0 Å². The zero-order valence-electron chi connectivity index (χ0n) is 12.5. The molecule has 1 atom stereocenters. The van der Waals surface area contributed by atoms with Crippen LogP contribution in [0.5, 0.6) is 0 Å². The Morgan fingerprint density at radius 2 is 1.83 bits per heavy atom. The Bertz CT molecular complexity index is 687. The Hall–Kier alpha value is -2.28. The van der Waals surface area contributed by atoms with E-state index in [0.29, 0.717) is 12.2 Å². The fourth-order valence-electron chi connectivity index (χ4n) is 1.92. The minimum absolute atomic E-state index is 0.242. The van der Waals surface area contributed by atoms with Crippen molar-refractivity contribution in [2.75, 3.05) is 0 Å². The number of halogens is 1. The summed E-state index contributed by atoms with van der Waals surface area (Å²) >= 11 is 3.29. The van der Waals surface area contributed by atoms with E-state index in [1.165, 1.54) is 6.92 Å². The standard InChI is InChI=1S/C16H16BrN3O3/c1-10(16(22)23)20-14(21)7-4-11-2-5-12(6-3-11)15-18-8-13(17)9-19-15/h2-3,5-6,8-10H,4,7H2,1H3,(H,20,21)(H,22,23)/t10-/m1/s1. The van der Waals surface area contributed by atoms with Crippen molar-refractivity contribution in [1.29, 1.82) is 0 Å². The SMILES string of the molecule is C[C@@H](NC(=O)CCc1ccc(-c2ncc(Br)cn2)cc1)C(=O)O. The highest BCUT2D eigenvalue weighted by Gasteiger charge is 2.13. The smallest absolute Gasteiger partial charge is 0.325 e. The highest BCUT2D eigenvalue weighted by Crippen LogP contribution is 2.17. The summed E-state index contributed by atoms with van der Waals surface area (Å²) in [6.45, 7) is 1.44. The summed E-state index contributed by atoms with van der Waals surface area (Å²) in [5.41, 5.74) is 1.88. The number of rotatable bonds is 6. The quantitative estimate of drug-likeness (QED) is 0.806. The van der Waals surface area contributed by atoms with Crippen molar-refractivity contribution < 1.29 is 14.7 Å². The third-order valence-corrected chi connectivity index (χ3v) is 3.63. The Morgan fingerprint density at radius 1 is 1.22 bits per heavy atom. The third kappa shape index (κ3) is 5.14. The maximum Gasteiger partial charge on any atom is 0.325 e. The van der Waals surface area contributed by atoms with Gasteiger partial charge in [0, 0.05) is 24.4 Å². The predicted octanol–water partition coefficient (Wildman–Crippen LogP) is 2.43. The summed E-state index contributed by atoms with van der Waals surface area (Å²) < 4.78 is 0.819. The van der Waals surface area contributed by atoms with Crippen LogP contribution in [0.2, 0.25) is 0 Å². The molecule has 0 spiro atoms. The molecule has 2 N–H and O–H groups in total. The fourth-order valence-corrected chi connectivity index (χ4v) is 2.12. The van der Waals surface area contributed by atoms with Crippen LogP contribution in [0.3, 0.4) is 0 Å². The number of carbonyl (C=O) groups is 2. The number of hydrogen-bond acceptors (Lipinski definition) is 4. The Kier molecular flexibility index (Phi) is 5.81. The molecule has 0 saturated carbocycles. The second kappa shape index (κ2) is 7.82. The zero-order chi connectivity index (χ0) is 16.8. The molecule has 0 aliphatic carbocycles. The molecule has 1 aromatic heterocycles. The molecule has 1 heterocycles. The summed E-state index contributed by atoms with van der Waals surface area (Å²) in [6, 6.07) is 6.75. The van der Waals surface area contributed by atoms with Crippen LogP contribution < -0.4 is 5.32 Å². The Labute approximate surface area is 142 Å². The first kappa shape index (κ1) is 17.1. The van der Waals surface area contributed by atoms with Crippen molar-refractivity contribution in [1.82, 2.24) is 15.3 Å². The van der Waals surface area contributed by atoms with E-state index in [-0.39, 0.29) is 12.3 Å². The van der Waals surface area contributed by atoms with Crippen molar-refractivity contribution in [3.05, 3.63) is 46.7 Å². The van der Waals surface area contributed by atoms with Crippen LogP contribution in [-0.4, -0.2) is 33.0 Å². The number of amides is 1. The molecular formula is C16H16BrN3O3. The fraction of sp³-hybridized carbons (Fsp3) is 0.250. The number of aryl methyl sites for hydroxylation is 1. The molecule has 0 bridgehead atoms. The van der Waals surface area contributed by atoms with E-state index in [9.17, 15) is 9.59 Å². The van der Waals surface area contributed by atoms with E-state index in [1.807, 2.05) is 24.3 Å². The lowest BCUT2D eigenvalue weighted by molar-refractivity contribution is -0.141. The lowest BCUT2D eigenvalue weighted by atomic mass is 10.1. The van der Waals surface area contributed by atoms with E-state index in [1.54, 1.807) is 12.4 Å². The minimum atomic E-state index is -1.04. The first-order valence-corrected chi connectivity index (χ1v) is 7.84. The van der Waals surface area contributed by atoms with Gasteiger partial charge >= 0.3 is 5.97 Å². The predicted molar refractivity (Wildman–Crippen MR) is 88.7 cm³/mol. The number of carbonyl (C=O) groups excluding carboxylic acids is 1.